The van der Waals surface area contributed by atoms with E-state index in [0.717, 1.165) is 45.6 Å². The predicted octanol–water partition coefficient (Wildman–Crippen LogP) is 3.30. The number of nitrogens with zero attached hydrogens (tertiary/aromatic N) is 3. The van der Waals surface area contributed by atoms with Crippen LogP contribution in [0.3, 0.4) is 0 Å². The average Bonchev–Trinajstić information content (AvgIpc) is 3.04. The Bertz CT molecular complexity index is 861. The number of fused-ring (bicyclic) bond motifs is 1. The topological polar surface area (TPSA) is 54.4 Å². The fourth-order valence-corrected chi connectivity index (χ4v) is 3.46. The van der Waals surface area contributed by atoms with E-state index < -0.39 is 6.10 Å². The molecule has 3 rings (SSSR count). The van der Waals surface area contributed by atoms with Crippen LogP contribution in [0.1, 0.15) is 30.0 Å². The number of aliphatic hydroxyl groups excluding tert-OH is 1. The zero-order valence-corrected chi connectivity index (χ0v) is 15.0. The second kappa shape index (κ2) is 6.42. The summed E-state index contributed by atoms with van der Waals surface area (Å²) in [6.45, 7) is 4.56. The first-order chi connectivity index (χ1) is 11.5. The van der Waals surface area contributed by atoms with Gasteiger partial charge in [0.15, 0.2) is 0 Å². The smallest absolute Gasteiger partial charge is 0.143 e. The molecule has 0 bridgehead atoms. The highest BCUT2D eigenvalue weighted by Crippen LogP contribution is 2.40. The highest BCUT2D eigenvalue weighted by Gasteiger charge is 2.27. The summed E-state index contributed by atoms with van der Waals surface area (Å²) in [5, 5.41) is 16.2. The molecule has 0 spiro atoms. The van der Waals surface area contributed by atoms with E-state index >= 15 is 0 Å². The minimum absolute atomic E-state index is 0.562. The van der Waals surface area contributed by atoms with Crippen LogP contribution < -0.4 is 0 Å². The molecule has 2 heterocycles. The monoisotopic (exact) mass is 327 g/mol. The summed E-state index contributed by atoms with van der Waals surface area (Å²) in [5.41, 5.74) is 4.98. The van der Waals surface area contributed by atoms with E-state index in [1.807, 2.05) is 45.1 Å². The highest BCUT2D eigenvalue weighted by atomic mass is 16.5. The van der Waals surface area contributed by atoms with Crippen LogP contribution in [0.15, 0.2) is 28.8 Å². The molecular weight excluding hydrogens is 302 g/mol. The summed E-state index contributed by atoms with van der Waals surface area (Å²) in [7, 11) is 5.97. The fraction of sp³-hybridized carbons (Fsp3) is 0.421. The molecule has 0 radical (unpaired) electrons. The number of aryl methyl sites for hydroxylation is 3. The molecule has 5 heteroatoms. The van der Waals surface area contributed by atoms with E-state index in [1.54, 1.807) is 0 Å². The van der Waals surface area contributed by atoms with Gasteiger partial charge in [0.2, 0.25) is 0 Å². The van der Waals surface area contributed by atoms with Gasteiger partial charge in [-0.2, -0.15) is 0 Å². The van der Waals surface area contributed by atoms with Gasteiger partial charge in [-0.15, -0.1) is 0 Å². The van der Waals surface area contributed by atoms with Crippen molar-refractivity contribution in [2.24, 2.45) is 7.05 Å². The second-order valence-corrected chi connectivity index (χ2v) is 6.53. The molecule has 3 aromatic rings. The number of hydrogen-bond donors (Lipinski definition) is 1. The van der Waals surface area contributed by atoms with Gasteiger partial charge in [0.1, 0.15) is 5.76 Å². The lowest BCUT2D eigenvalue weighted by Crippen LogP contribution is -2.20. The van der Waals surface area contributed by atoms with E-state index in [1.165, 1.54) is 0 Å². The van der Waals surface area contributed by atoms with E-state index in [4.69, 9.17) is 4.52 Å². The third-order valence-electron chi connectivity index (χ3n) is 4.52. The van der Waals surface area contributed by atoms with Crippen LogP contribution in [0.2, 0.25) is 0 Å². The Kier molecular flexibility index (Phi) is 4.47. The molecule has 0 aliphatic heterocycles. The number of hydrogen-bond acceptors (Lipinski definition) is 4. The third-order valence-corrected chi connectivity index (χ3v) is 4.52. The standard InChI is InChI=1S/C19H25N3O2/c1-6-14-17(12(2)24-20-14)19-18(16(23)11-21(3)4)13-9-7-8-10-15(13)22(19)5/h7-10,16,23H,6,11H2,1-5H3. The predicted molar refractivity (Wildman–Crippen MR) is 96.0 cm³/mol. The van der Waals surface area contributed by atoms with Crippen LogP contribution in [0.25, 0.3) is 22.2 Å². The largest absolute Gasteiger partial charge is 0.387 e. The van der Waals surface area contributed by atoms with Gasteiger partial charge in [-0.05, 0) is 33.5 Å². The fourth-order valence-electron chi connectivity index (χ4n) is 3.46. The Hall–Kier alpha value is -2.11. The number of aliphatic hydroxyl groups is 1. The van der Waals surface area contributed by atoms with Gasteiger partial charge >= 0.3 is 0 Å². The minimum atomic E-state index is -0.583. The van der Waals surface area contributed by atoms with Crippen LogP contribution in [-0.2, 0) is 13.5 Å². The van der Waals surface area contributed by atoms with Crippen LogP contribution in [-0.4, -0.2) is 40.4 Å². The molecule has 1 unspecified atom stereocenters. The quantitative estimate of drug-likeness (QED) is 0.781. The molecule has 0 aliphatic carbocycles. The van der Waals surface area contributed by atoms with Crippen LogP contribution in [0.4, 0.5) is 0 Å². The Balaban J connectivity index is 2.34. The van der Waals surface area contributed by atoms with Crippen molar-refractivity contribution in [1.29, 1.82) is 0 Å². The lowest BCUT2D eigenvalue weighted by Gasteiger charge is -2.18. The molecule has 0 saturated carbocycles. The Morgan fingerprint density at radius 2 is 2.00 bits per heavy atom. The highest BCUT2D eigenvalue weighted by molar-refractivity contribution is 5.93. The van der Waals surface area contributed by atoms with Crippen molar-refractivity contribution in [3.63, 3.8) is 0 Å². The molecule has 0 saturated heterocycles. The van der Waals surface area contributed by atoms with Crippen molar-refractivity contribution in [3.05, 3.63) is 41.3 Å². The van der Waals surface area contributed by atoms with E-state index in [9.17, 15) is 5.11 Å². The average molecular weight is 327 g/mol. The Morgan fingerprint density at radius 1 is 1.29 bits per heavy atom. The molecular formula is C19H25N3O2. The van der Waals surface area contributed by atoms with Crippen molar-refractivity contribution < 1.29 is 9.63 Å². The van der Waals surface area contributed by atoms with Gasteiger partial charge in [-0.1, -0.05) is 30.3 Å². The maximum atomic E-state index is 10.9. The van der Waals surface area contributed by atoms with Crippen molar-refractivity contribution in [2.45, 2.75) is 26.4 Å². The maximum Gasteiger partial charge on any atom is 0.143 e. The van der Waals surface area contributed by atoms with Crippen LogP contribution in [0.5, 0.6) is 0 Å². The number of para-hydroxylation sites is 1. The first-order valence-corrected chi connectivity index (χ1v) is 8.31. The molecule has 2 aromatic heterocycles. The molecule has 0 aliphatic rings. The van der Waals surface area contributed by atoms with Gasteiger partial charge in [-0.25, -0.2) is 0 Å². The van der Waals surface area contributed by atoms with Crippen molar-refractivity contribution >= 4 is 10.9 Å². The normalized spacial score (nSPS) is 13.1. The maximum absolute atomic E-state index is 10.9. The summed E-state index contributed by atoms with van der Waals surface area (Å²) in [6, 6.07) is 8.19. The van der Waals surface area contributed by atoms with Gasteiger partial charge < -0.3 is 19.1 Å². The number of rotatable bonds is 5. The van der Waals surface area contributed by atoms with Crippen molar-refractivity contribution in [3.8, 4) is 11.3 Å². The summed E-state index contributed by atoms with van der Waals surface area (Å²) >= 11 is 0. The van der Waals surface area contributed by atoms with Gasteiger partial charge in [0.05, 0.1) is 23.1 Å². The lowest BCUT2D eigenvalue weighted by atomic mass is 9.98. The van der Waals surface area contributed by atoms with Gasteiger partial charge in [-0.3, -0.25) is 0 Å². The number of benzene rings is 1. The molecule has 0 amide bonds. The molecule has 1 atom stereocenters. The van der Waals surface area contributed by atoms with Crippen LogP contribution in [0, 0.1) is 6.92 Å². The summed E-state index contributed by atoms with van der Waals surface area (Å²) in [6.07, 6.45) is 0.206. The SMILES string of the molecule is CCc1noc(C)c1-c1c(C(O)CN(C)C)c2ccccc2n1C. The number of likely N-dealkylation sites (N-methyl/N-ethyl adjacent to an activating group) is 1. The molecule has 1 N–H and O–H groups in total. The van der Waals surface area contributed by atoms with E-state index in [2.05, 4.69) is 28.8 Å². The summed E-state index contributed by atoms with van der Waals surface area (Å²) in [4.78, 5) is 2.00. The number of aromatic nitrogens is 2. The summed E-state index contributed by atoms with van der Waals surface area (Å²) in [5.74, 6) is 0.788. The first-order valence-electron chi connectivity index (χ1n) is 8.31. The van der Waals surface area contributed by atoms with Crippen molar-refractivity contribution in [2.75, 3.05) is 20.6 Å². The summed E-state index contributed by atoms with van der Waals surface area (Å²) < 4.78 is 7.59. The Morgan fingerprint density at radius 3 is 2.67 bits per heavy atom. The molecule has 128 valence electrons. The zero-order chi connectivity index (χ0) is 17.4. The van der Waals surface area contributed by atoms with E-state index in [0.29, 0.717) is 6.54 Å². The van der Waals surface area contributed by atoms with Gasteiger partial charge in [0, 0.05) is 30.1 Å². The Labute approximate surface area is 142 Å². The molecule has 1 aromatic carbocycles. The first kappa shape index (κ1) is 16.7. The van der Waals surface area contributed by atoms with Crippen LogP contribution >= 0.6 is 0 Å². The molecule has 24 heavy (non-hydrogen) atoms. The van der Waals surface area contributed by atoms with Crippen molar-refractivity contribution in [1.82, 2.24) is 14.6 Å². The molecule has 0 fully saturated rings. The lowest BCUT2D eigenvalue weighted by molar-refractivity contribution is 0.140. The van der Waals surface area contributed by atoms with E-state index in [-0.39, 0.29) is 0 Å². The second-order valence-electron chi connectivity index (χ2n) is 6.53. The zero-order valence-electron chi connectivity index (χ0n) is 15.0. The van der Waals surface area contributed by atoms with Gasteiger partial charge in [0.25, 0.3) is 0 Å². The molecule has 5 nitrogen and oxygen atoms in total. The minimum Gasteiger partial charge on any atom is -0.387 e. The third kappa shape index (κ3) is 2.64.